The van der Waals surface area contributed by atoms with Gasteiger partial charge in [0, 0.05) is 19.2 Å². The Morgan fingerprint density at radius 3 is 2.80 bits per heavy atom. The number of likely N-dealkylation sites (tertiary alicyclic amines) is 1. The molecule has 0 radical (unpaired) electrons. The summed E-state index contributed by atoms with van der Waals surface area (Å²) in [6, 6.07) is 3.77. The molecule has 1 heterocycles. The van der Waals surface area contributed by atoms with Crippen LogP contribution in [-0.2, 0) is 11.3 Å². The molecule has 1 aromatic carbocycles. The van der Waals surface area contributed by atoms with Gasteiger partial charge in [0.2, 0.25) is 5.82 Å². The Morgan fingerprint density at radius 1 is 1.60 bits per heavy atom. The van der Waals surface area contributed by atoms with E-state index in [4.69, 9.17) is 5.11 Å². The Bertz CT molecular complexity index is 563. The smallest absolute Gasteiger partial charge is 0.310 e. The number of hydrogen-bond acceptors (Lipinski definition) is 4. The molecule has 0 bridgehead atoms. The third-order valence-corrected chi connectivity index (χ3v) is 3.68. The number of aliphatic carboxylic acids is 1. The molecular weight excluding hydrogens is 267 g/mol. The first kappa shape index (κ1) is 14.4. The molecule has 1 fully saturated rings. The van der Waals surface area contributed by atoms with E-state index in [9.17, 15) is 19.3 Å². The van der Waals surface area contributed by atoms with Gasteiger partial charge in [0.05, 0.1) is 10.3 Å². The molecule has 1 aliphatic heterocycles. The van der Waals surface area contributed by atoms with E-state index in [1.807, 2.05) is 4.90 Å². The van der Waals surface area contributed by atoms with Crippen LogP contribution in [0.25, 0.3) is 0 Å². The van der Waals surface area contributed by atoms with E-state index in [-0.39, 0.29) is 0 Å². The van der Waals surface area contributed by atoms with Gasteiger partial charge < -0.3 is 5.11 Å². The minimum absolute atomic E-state index is 0.387. The SMILES string of the molecule is CC1(C(=O)O)CCN(Cc2ccc([N+](=O)[O-])c(F)c2)C1. The van der Waals surface area contributed by atoms with Crippen LogP contribution < -0.4 is 0 Å². The lowest BCUT2D eigenvalue weighted by molar-refractivity contribution is -0.387. The van der Waals surface area contributed by atoms with Crippen molar-refractivity contribution in [3.63, 3.8) is 0 Å². The lowest BCUT2D eigenvalue weighted by atomic mass is 9.90. The minimum Gasteiger partial charge on any atom is -0.481 e. The molecule has 0 spiro atoms. The molecule has 1 aromatic rings. The Labute approximate surface area is 115 Å². The largest absolute Gasteiger partial charge is 0.481 e. The van der Waals surface area contributed by atoms with Gasteiger partial charge >= 0.3 is 11.7 Å². The topological polar surface area (TPSA) is 83.7 Å². The highest BCUT2D eigenvalue weighted by Gasteiger charge is 2.40. The molecule has 0 saturated carbocycles. The van der Waals surface area contributed by atoms with Crippen molar-refractivity contribution in [2.24, 2.45) is 5.41 Å². The maximum atomic E-state index is 13.5. The minimum atomic E-state index is -0.868. The molecule has 2 rings (SSSR count). The predicted octanol–water partition coefficient (Wildman–Crippen LogP) is 2.03. The van der Waals surface area contributed by atoms with Crippen LogP contribution in [0, 0.1) is 21.3 Å². The molecule has 6 nitrogen and oxygen atoms in total. The fraction of sp³-hybridized carbons (Fsp3) is 0.462. The second-order valence-electron chi connectivity index (χ2n) is 5.37. The first-order valence-electron chi connectivity index (χ1n) is 6.20. The van der Waals surface area contributed by atoms with Crippen molar-refractivity contribution >= 4 is 11.7 Å². The Morgan fingerprint density at radius 2 is 2.30 bits per heavy atom. The van der Waals surface area contributed by atoms with E-state index in [1.54, 1.807) is 6.92 Å². The van der Waals surface area contributed by atoms with Gasteiger partial charge in [-0.05, 0) is 31.5 Å². The summed E-state index contributed by atoms with van der Waals surface area (Å²) in [5.74, 6) is -1.71. The van der Waals surface area contributed by atoms with Gasteiger partial charge in [-0.1, -0.05) is 6.07 Å². The second-order valence-corrected chi connectivity index (χ2v) is 5.37. The average Bonchev–Trinajstić information content (AvgIpc) is 2.72. The third-order valence-electron chi connectivity index (χ3n) is 3.68. The number of halogens is 1. The maximum absolute atomic E-state index is 13.5. The van der Waals surface area contributed by atoms with E-state index in [2.05, 4.69) is 0 Å². The van der Waals surface area contributed by atoms with Gasteiger partial charge in [-0.15, -0.1) is 0 Å². The Balaban J connectivity index is 2.07. The molecular formula is C13H15FN2O4. The standard InChI is InChI=1S/C13H15FN2O4/c1-13(12(17)18)4-5-15(8-13)7-9-2-3-11(16(19)20)10(14)6-9/h2-3,6H,4-5,7-8H2,1H3,(H,17,18). The van der Waals surface area contributed by atoms with Crippen molar-refractivity contribution in [3.05, 3.63) is 39.7 Å². The molecule has 1 unspecified atom stereocenters. The number of carboxylic acids is 1. The van der Waals surface area contributed by atoms with Crippen LogP contribution in [-0.4, -0.2) is 34.0 Å². The van der Waals surface area contributed by atoms with Crippen LogP contribution >= 0.6 is 0 Å². The van der Waals surface area contributed by atoms with Crippen molar-refractivity contribution < 1.29 is 19.2 Å². The molecule has 1 saturated heterocycles. The number of carbonyl (C=O) groups is 1. The molecule has 20 heavy (non-hydrogen) atoms. The summed E-state index contributed by atoms with van der Waals surface area (Å²) in [5.41, 5.74) is -0.729. The van der Waals surface area contributed by atoms with Crippen LogP contribution in [0.15, 0.2) is 18.2 Å². The summed E-state index contributed by atoms with van der Waals surface area (Å²) >= 11 is 0. The number of benzene rings is 1. The van der Waals surface area contributed by atoms with Gasteiger partial charge in [0.25, 0.3) is 0 Å². The fourth-order valence-corrected chi connectivity index (χ4v) is 2.42. The number of rotatable bonds is 4. The number of nitro benzene ring substituents is 1. The molecule has 1 atom stereocenters. The third kappa shape index (κ3) is 2.77. The first-order valence-corrected chi connectivity index (χ1v) is 6.20. The molecule has 0 aromatic heterocycles. The molecule has 0 amide bonds. The summed E-state index contributed by atoms with van der Waals surface area (Å²) < 4.78 is 13.5. The zero-order chi connectivity index (χ0) is 14.9. The van der Waals surface area contributed by atoms with Crippen molar-refractivity contribution in [1.82, 2.24) is 4.90 Å². The van der Waals surface area contributed by atoms with Crippen molar-refractivity contribution in [2.45, 2.75) is 19.9 Å². The van der Waals surface area contributed by atoms with Crippen LogP contribution in [0.4, 0.5) is 10.1 Å². The Kier molecular flexibility index (Phi) is 3.71. The van der Waals surface area contributed by atoms with Crippen molar-refractivity contribution in [1.29, 1.82) is 0 Å². The highest BCUT2D eigenvalue weighted by Crippen LogP contribution is 2.31. The summed E-state index contributed by atoms with van der Waals surface area (Å²) in [4.78, 5) is 22.8. The number of hydrogen-bond donors (Lipinski definition) is 1. The van der Waals surface area contributed by atoms with E-state index in [0.29, 0.717) is 31.6 Å². The quantitative estimate of drug-likeness (QED) is 0.674. The lowest BCUT2D eigenvalue weighted by Crippen LogP contribution is -2.31. The Hall–Kier alpha value is -2.02. The molecule has 1 N–H and O–H groups in total. The normalized spacial score (nSPS) is 22.9. The second kappa shape index (κ2) is 5.16. The summed E-state index contributed by atoms with van der Waals surface area (Å²) in [6.45, 7) is 3.08. The van der Waals surface area contributed by atoms with Crippen molar-refractivity contribution in [3.8, 4) is 0 Å². The van der Waals surface area contributed by atoms with Crippen LogP contribution in [0.1, 0.15) is 18.9 Å². The predicted molar refractivity (Wildman–Crippen MR) is 68.7 cm³/mol. The van der Waals surface area contributed by atoms with Crippen molar-refractivity contribution in [2.75, 3.05) is 13.1 Å². The number of nitrogens with zero attached hydrogens (tertiary/aromatic N) is 2. The fourth-order valence-electron chi connectivity index (χ4n) is 2.42. The first-order chi connectivity index (χ1) is 9.32. The van der Waals surface area contributed by atoms with Gasteiger partial charge in [-0.25, -0.2) is 0 Å². The van der Waals surface area contributed by atoms with E-state index >= 15 is 0 Å². The van der Waals surface area contributed by atoms with E-state index < -0.39 is 27.8 Å². The molecule has 108 valence electrons. The zero-order valence-corrected chi connectivity index (χ0v) is 11.0. The average molecular weight is 282 g/mol. The number of carboxylic acid groups (broad SMARTS) is 1. The van der Waals surface area contributed by atoms with E-state index in [0.717, 1.165) is 12.1 Å². The van der Waals surface area contributed by atoms with Gasteiger partial charge in [0.15, 0.2) is 0 Å². The van der Waals surface area contributed by atoms with Gasteiger partial charge in [-0.3, -0.25) is 19.8 Å². The number of nitro groups is 1. The van der Waals surface area contributed by atoms with E-state index in [1.165, 1.54) is 6.07 Å². The highest BCUT2D eigenvalue weighted by atomic mass is 19.1. The molecule has 7 heteroatoms. The van der Waals surface area contributed by atoms with Crippen LogP contribution in [0.2, 0.25) is 0 Å². The van der Waals surface area contributed by atoms with Crippen LogP contribution in [0.5, 0.6) is 0 Å². The molecule has 1 aliphatic rings. The summed E-state index contributed by atoms with van der Waals surface area (Å²) in [6.07, 6.45) is 0.539. The lowest BCUT2D eigenvalue weighted by Gasteiger charge is -2.20. The molecule has 0 aliphatic carbocycles. The summed E-state index contributed by atoms with van der Waals surface area (Å²) in [5, 5.41) is 19.7. The highest BCUT2D eigenvalue weighted by molar-refractivity contribution is 5.74. The summed E-state index contributed by atoms with van der Waals surface area (Å²) in [7, 11) is 0. The monoisotopic (exact) mass is 282 g/mol. The maximum Gasteiger partial charge on any atom is 0.310 e. The van der Waals surface area contributed by atoms with Gasteiger partial charge in [0.1, 0.15) is 0 Å². The van der Waals surface area contributed by atoms with Crippen LogP contribution in [0.3, 0.4) is 0 Å². The van der Waals surface area contributed by atoms with Gasteiger partial charge in [-0.2, -0.15) is 4.39 Å². The zero-order valence-electron chi connectivity index (χ0n) is 11.0.